The normalized spacial score (nSPS) is 24.3. The average molecular weight is 318 g/mol. The van der Waals surface area contributed by atoms with Gasteiger partial charge in [0.2, 0.25) is 5.60 Å². The highest BCUT2D eigenvalue weighted by molar-refractivity contribution is 6.05. The van der Waals surface area contributed by atoms with E-state index in [9.17, 15) is 4.79 Å². The highest BCUT2D eigenvalue weighted by atomic mass is 16.7. The van der Waals surface area contributed by atoms with Crippen molar-refractivity contribution in [1.29, 1.82) is 0 Å². The van der Waals surface area contributed by atoms with Crippen molar-refractivity contribution >= 4 is 11.6 Å². The van der Waals surface area contributed by atoms with E-state index < -0.39 is 11.5 Å². The molecule has 3 rings (SSSR count). The summed E-state index contributed by atoms with van der Waals surface area (Å²) in [5.41, 5.74) is 5.82. The number of carbonyl (C=O) groups excluding carboxylic acids is 1. The maximum absolute atomic E-state index is 11.4. The lowest BCUT2D eigenvalue weighted by atomic mass is 9.95. The van der Waals surface area contributed by atoms with E-state index in [1.807, 2.05) is 24.3 Å². The number of ether oxygens (including phenoxy) is 2. The summed E-state index contributed by atoms with van der Waals surface area (Å²) in [4.78, 5) is 16.6. The molecule has 6 heteroatoms. The lowest BCUT2D eigenvalue weighted by Gasteiger charge is -2.16. The van der Waals surface area contributed by atoms with E-state index >= 15 is 0 Å². The van der Waals surface area contributed by atoms with Crippen LogP contribution in [0.4, 0.5) is 0 Å². The molecule has 6 nitrogen and oxygen atoms in total. The zero-order valence-corrected chi connectivity index (χ0v) is 13.3. The molecule has 0 saturated heterocycles. The Labute approximate surface area is 135 Å². The van der Waals surface area contributed by atoms with Crippen LogP contribution >= 0.6 is 0 Å². The van der Waals surface area contributed by atoms with Gasteiger partial charge in [0.05, 0.1) is 11.8 Å². The van der Waals surface area contributed by atoms with E-state index in [0.717, 1.165) is 18.4 Å². The third kappa shape index (κ3) is 3.64. The van der Waals surface area contributed by atoms with Gasteiger partial charge in [0.15, 0.2) is 6.79 Å². The minimum atomic E-state index is -1.07. The summed E-state index contributed by atoms with van der Waals surface area (Å²) in [6, 6.07) is 7.51. The van der Waals surface area contributed by atoms with Crippen LogP contribution in [-0.2, 0) is 14.4 Å². The van der Waals surface area contributed by atoms with Crippen molar-refractivity contribution in [2.75, 3.05) is 6.79 Å². The van der Waals surface area contributed by atoms with Crippen molar-refractivity contribution in [2.24, 2.45) is 10.9 Å². The van der Waals surface area contributed by atoms with Crippen molar-refractivity contribution < 1.29 is 19.1 Å². The number of benzene rings is 1. The van der Waals surface area contributed by atoms with Crippen LogP contribution in [0.25, 0.3) is 0 Å². The molecule has 1 aromatic carbocycles. The maximum atomic E-state index is 11.4. The molecule has 124 valence electrons. The van der Waals surface area contributed by atoms with Crippen LogP contribution in [0.3, 0.4) is 0 Å². The van der Waals surface area contributed by atoms with E-state index in [4.69, 9.17) is 20.0 Å². The SMILES string of the molecule is CC1(C(N)=O)CC(c2cccc(OCOC3CCCC3)c2)=NO1. The van der Waals surface area contributed by atoms with Crippen molar-refractivity contribution in [2.45, 2.75) is 50.7 Å². The molecular formula is C17H22N2O4. The predicted octanol–water partition coefficient (Wildman–Crippen LogP) is 2.35. The highest BCUT2D eigenvalue weighted by Gasteiger charge is 2.40. The molecule has 1 fully saturated rings. The molecule has 2 aliphatic rings. The largest absolute Gasteiger partial charge is 0.468 e. The first-order valence-corrected chi connectivity index (χ1v) is 7.97. The van der Waals surface area contributed by atoms with E-state index in [1.54, 1.807) is 6.92 Å². The number of oxime groups is 1. The van der Waals surface area contributed by atoms with Gasteiger partial charge in [0.1, 0.15) is 5.75 Å². The Bertz CT molecular complexity index is 610. The summed E-state index contributed by atoms with van der Waals surface area (Å²) in [7, 11) is 0. The molecule has 0 spiro atoms. The number of nitrogens with zero attached hydrogens (tertiary/aromatic N) is 1. The first kappa shape index (κ1) is 15.8. The summed E-state index contributed by atoms with van der Waals surface area (Å²) < 4.78 is 11.4. The Hall–Kier alpha value is -2.08. The first-order chi connectivity index (χ1) is 11.1. The smallest absolute Gasteiger partial charge is 0.264 e. The van der Waals surface area contributed by atoms with Crippen molar-refractivity contribution in [3.05, 3.63) is 29.8 Å². The van der Waals surface area contributed by atoms with E-state index in [2.05, 4.69) is 5.16 Å². The lowest BCUT2D eigenvalue weighted by Crippen LogP contribution is -2.41. The van der Waals surface area contributed by atoms with E-state index in [1.165, 1.54) is 12.8 Å². The Morgan fingerprint density at radius 2 is 2.22 bits per heavy atom. The van der Waals surface area contributed by atoms with Crippen molar-refractivity contribution in [1.82, 2.24) is 0 Å². The summed E-state index contributed by atoms with van der Waals surface area (Å²) in [5.74, 6) is 0.185. The summed E-state index contributed by atoms with van der Waals surface area (Å²) >= 11 is 0. The second-order valence-electron chi connectivity index (χ2n) is 6.26. The number of rotatable bonds is 6. The first-order valence-electron chi connectivity index (χ1n) is 7.97. The number of hydrogen-bond acceptors (Lipinski definition) is 5. The quantitative estimate of drug-likeness (QED) is 0.816. The molecule has 1 aliphatic heterocycles. The molecule has 1 aromatic rings. The number of primary amides is 1. The molecule has 1 atom stereocenters. The minimum absolute atomic E-state index is 0.246. The van der Waals surface area contributed by atoms with E-state index in [0.29, 0.717) is 24.0 Å². The second-order valence-corrected chi connectivity index (χ2v) is 6.26. The fraction of sp³-hybridized carbons (Fsp3) is 0.529. The fourth-order valence-corrected chi connectivity index (χ4v) is 2.85. The average Bonchev–Trinajstić information content (AvgIpc) is 3.18. The Balaban J connectivity index is 1.58. The molecule has 2 N–H and O–H groups in total. The molecule has 1 unspecified atom stereocenters. The second kappa shape index (κ2) is 6.58. The molecular weight excluding hydrogens is 296 g/mol. The monoisotopic (exact) mass is 318 g/mol. The topological polar surface area (TPSA) is 83.1 Å². The van der Waals surface area contributed by atoms with Crippen molar-refractivity contribution in [3.8, 4) is 5.75 Å². The van der Waals surface area contributed by atoms with Gasteiger partial charge in [-0.25, -0.2) is 0 Å². The standard InChI is InChI=1S/C17H22N2O4/c1-17(16(18)20)10-15(19-23-17)12-5-4-8-14(9-12)22-11-21-13-6-2-3-7-13/h4-5,8-9,13H,2-3,6-7,10-11H2,1H3,(H2,18,20). The fourth-order valence-electron chi connectivity index (χ4n) is 2.85. The van der Waals surface area contributed by atoms with Crippen LogP contribution in [0.15, 0.2) is 29.4 Å². The van der Waals surface area contributed by atoms with Crippen molar-refractivity contribution in [3.63, 3.8) is 0 Å². The number of hydrogen-bond donors (Lipinski definition) is 1. The Kier molecular flexibility index (Phi) is 4.52. The molecule has 1 heterocycles. The van der Waals surface area contributed by atoms with Crippen LogP contribution in [-0.4, -0.2) is 30.1 Å². The third-order valence-corrected chi connectivity index (χ3v) is 4.38. The van der Waals surface area contributed by atoms with Gasteiger partial charge in [-0.3, -0.25) is 4.79 Å². The molecule has 1 amide bonds. The predicted molar refractivity (Wildman–Crippen MR) is 85.1 cm³/mol. The van der Waals surface area contributed by atoms with Gasteiger partial charge in [-0.1, -0.05) is 30.1 Å². The number of carbonyl (C=O) groups is 1. The van der Waals surface area contributed by atoms with E-state index in [-0.39, 0.29) is 6.79 Å². The van der Waals surface area contributed by atoms with Crippen LogP contribution in [0.2, 0.25) is 0 Å². The summed E-state index contributed by atoms with van der Waals surface area (Å²) in [6.45, 7) is 1.89. The van der Waals surface area contributed by atoms with Gasteiger partial charge >= 0.3 is 0 Å². The molecule has 1 saturated carbocycles. The molecule has 0 aromatic heterocycles. The van der Waals surface area contributed by atoms with Gasteiger partial charge in [0.25, 0.3) is 5.91 Å². The summed E-state index contributed by atoms with van der Waals surface area (Å²) in [6.07, 6.45) is 5.37. The maximum Gasteiger partial charge on any atom is 0.264 e. The van der Waals surface area contributed by atoms with Crippen LogP contribution < -0.4 is 10.5 Å². The summed E-state index contributed by atoms with van der Waals surface area (Å²) in [5, 5.41) is 3.99. The third-order valence-electron chi connectivity index (χ3n) is 4.38. The van der Waals surface area contributed by atoms with Crippen LogP contribution in [0.5, 0.6) is 5.75 Å². The Morgan fingerprint density at radius 3 is 2.91 bits per heavy atom. The van der Waals surface area contributed by atoms with Gasteiger partial charge in [-0.05, 0) is 31.9 Å². The van der Waals surface area contributed by atoms with Gasteiger partial charge in [-0.2, -0.15) is 0 Å². The Morgan fingerprint density at radius 1 is 1.43 bits per heavy atom. The lowest BCUT2D eigenvalue weighted by molar-refractivity contribution is -0.138. The van der Waals surface area contributed by atoms with Gasteiger partial charge < -0.3 is 20.0 Å². The number of nitrogens with two attached hydrogens (primary N) is 1. The number of amides is 1. The zero-order valence-electron chi connectivity index (χ0n) is 13.3. The molecule has 1 aliphatic carbocycles. The zero-order chi connectivity index (χ0) is 16.3. The van der Waals surface area contributed by atoms with Gasteiger partial charge in [0, 0.05) is 12.0 Å². The molecule has 0 radical (unpaired) electrons. The van der Waals surface area contributed by atoms with Crippen LogP contribution in [0.1, 0.15) is 44.6 Å². The van der Waals surface area contributed by atoms with Gasteiger partial charge in [-0.15, -0.1) is 0 Å². The molecule has 23 heavy (non-hydrogen) atoms. The molecule has 0 bridgehead atoms. The minimum Gasteiger partial charge on any atom is -0.468 e. The van der Waals surface area contributed by atoms with Crippen LogP contribution in [0, 0.1) is 0 Å². The highest BCUT2D eigenvalue weighted by Crippen LogP contribution is 2.27.